The molecular weight excluding hydrogens is 759 g/mol. The molecule has 0 radical (unpaired) electrons. The van der Waals surface area contributed by atoms with Gasteiger partial charge in [-0.15, -0.1) is 0 Å². The van der Waals surface area contributed by atoms with Crippen LogP contribution in [0.2, 0.25) is 0 Å². The largest absolute Gasteiger partial charge is 0.309 e. The predicted molar refractivity (Wildman–Crippen MR) is 260 cm³/mol. The van der Waals surface area contributed by atoms with Crippen molar-refractivity contribution in [3.05, 3.63) is 281 Å². The fraction of sp³-hybridized carbons (Fsp3) is 0.0323. The average molecular weight is 798 g/mol. The smallest absolute Gasteiger partial charge is 0.0720 e. The summed E-state index contributed by atoms with van der Waals surface area (Å²) in [6.45, 7) is 0. The van der Waals surface area contributed by atoms with E-state index in [2.05, 4.69) is 241 Å². The van der Waals surface area contributed by atoms with E-state index in [0.717, 1.165) is 0 Å². The molecule has 0 fully saturated rings. The molecule has 0 unspecified atom stereocenters. The summed E-state index contributed by atoms with van der Waals surface area (Å²) in [5.41, 5.74) is 23.4. The van der Waals surface area contributed by atoms with Gasteiger partial charge in [-0.2, -0.15) is 0 Å². The van der Waals surface area contributed by atoms with E-state index >= 15 is 0 Å². The summed E-state index contributed by atoms with van der Waals surface area (Å²) in [4.78, 5) is 0. The zero-order valence-electron chi connectivity index (χ0n) is 34.5. The molecule has 1 heteroatoms. The van der Waals surface area contributed by atoms with Gasteiger partial charge in [-0.25, -0.2) is 0 Å². The second-order valence-electron chi connectivity index (χ2n) is 17.5. The van der Waals surface area contributed by atoms with Gasteiger partial charge in [0.15, 0.2) is 0 Å². The van der Waals surface area contributed by atoms with Crippen LogP contribution < -0.4 is 0 Å². The molecule has 0 bridgehead atoms. The van der Waals surface area contributed by atoms with Crippen molar-refractivity contribution < 1.29 is 0 Å². The monoisotopic (exact) mass is 797 g/mol. The molecule has 0 aliphatic heterocycles. The molecule has 1 aromatic heterocycles. The minimum absolute atomic E-state index is 0.472. The Labute approximate surface area is 366 Å². The van der Waals surface area contributed by atoms with Crippen molar-refractivity contribution in [2.24, 2.45) is 0 Å². The van der Waals surface area contributed by atoms with E-state index in [1.54, 1.807) is 0 Å². The zero-order chi connectivity index (χ0) is 41.3. The highest BCUT2D eigenvalue weighted by Gasteiger charge is 2.59. The minimum atomic E-state index is -0.563. The number of nitrogens with zero attached hydrogens (tertiary/aromatic N) is 1. The van der Waals surface area contributed by atoms with Crippen LogP contribution in [0.1, 0.15) is 44.5 Å². The van der Waals surface area contributed by atoms with Crippen molar-refractivity contribution in [2.45, 2.75) is 10.8 Å². The first-order chi connectivity index (χ1) is 31.3. The third kappa shape index (κ3) is 4.36. The molecular formula is C62H39N. The first-order valence-electron chi connectivity index (χ1n) is 22.1. The first kappa shape index (κ1) is 34.7. The first-order valence-corrected chi connectivity index (χ1v) is 22.1. The van der Waals surface area contributed by atoms with Crippen LogP contribution in [-0.4, -0.2) is 4.57 Å². The lowest BCUT2D eigenvalue weighted by Crippen LogP contribution is -2.43. The van der Waals surface area contributed by atoms with Gasteiger partial charge in [0.25, 0.3) is 0 Å². The van der Waals surface area contributed by atoms with Crippen molar-refractivity contribution in [1.82, 2.24) is 4.57 Å². The molecule has 0 atom stereocenters. The number of rotatable bonds is 3. The van der Waals surface area contributed by atoms with Crippen LogP contribution in [0.15, 0.2) is 237 Å². The standard InChI is InChI=1S/C62H39N/c1-3-18-40(19-4-1)42-34-36-57-47(38-42)48-39-43(41-20-5-2-6-21-41)35-37-58(48)63(57)59-33-17-32-56-60(59)46-24-9-12-27-51(46)62(56)54-30-15-13-28-52(54)61(53-29-14-16-31-55(53)62)49-25-10-7-22-44(49)45-23-8-11-26-50(45)61/h1-39H. The number of hydrogen-bond donors (Lipinski definition) is 0. The summed E-state index contributed by atoms with van der Waals surface area (Å²) >= 11 is 0. The van der Waals surface area contributed by atoms with Crippen molar-refractivity contribution in [1.29, 1.82) is 0 Å². The number of fused-ring (bicyclic) bond motifs is 19. The number of benzene rings is 10. The summed E-state index contributed by atoms with van der Waals surface area (Å²) in [5, 5.41) is 2.49. The Kier molecular flexibility index (Phi) is 7.03. The Hall–Kier alpha value is -8.00. The molecule has 2 spiro atoms. The zero-order valence-corrected chi connectivity index (χ0v) is 34.5. The van der Waals surface area contributed by atoms with E-state index in [9.17, 15) is 0 Å². The highest BCUT2D eigenvalue weighted by Crippen LogP contribution is 2.67. The summed E-state index contributed by atoms with van der Waals surface area (Å²) < 4.78 is 2.55. The summed E-state index contributed by atoms with van der Waals surface area (Å²) in [6.07, 6.45) is 0. The predicted octanol–water partition coefficient (Wildman–Crippen LogP) is 15.2. The van der Waals surface area contributed by atoms with E-state index in [-0.39, 0.29) is 0 Å². The number of aromatic nitrogens is 1. The highest BCUT2D eigenvalue weighted by atomic mass is 15.0. The number of hydrogen-bond acceptors (Lipinski definition) is 0. The maximum Gasteiger partial charge on any atom is 0.0720 e. The molecule has 0 amide bonds. The molecule has 1 nitrogen and oxygen atoms in total. The van der Waals surface area contributed by atoms with Crippen molar-refractivity contribution in [3.8, 4) is 50.2 Å². The Morgan fingerprint density at radius 3 is 1.10 bits per heavy atom. The van der Waals surface area contributed by atoms with Gasteiger partial charge in [0.2, 0.25) is 0 Å². The van der Waals surface area contributed by atoms with E-state index < -0.39 is 10.8 Å². The Morgan fingerprint density at radius 1 is 0.254 bits per heavy atom. The lowest BCUT2D eigenvalue weighted by Gasteiger charge is -2.48. The van der Waals surface area contributed by atoms with Gasteiger partial charge < -0.3 is 4.57 Å². The van der Waals surface area contributed by atoms with Gasteiger partial charge in [0, 0.05) is 16.3 Å². The third-order valence-electron chi connectivity index (χ3n) is 14.7. The molecule has 63 heavy (non-hydrogen) atoms. The topological polar surface area (TPSA) is 4.93 Å². The van der Waals surface area contributed by atoms with Crippen LogP contribution in [0.4, 0.5) is 0 Å². The summed E-state index contributed by atoms with van der Waals surface area (Å²) in [5.74, 6) is 0. The van der Waals surface area contributed by atoms with Crippen LogP contribution >= 0.6 is 0 Å². The van der Waals surface area contributed by atoms with Crippen LogP contribution in [0.25, 0.3) is 72.0 Å². The van der Waals surface area contributed by atoms with Crippen molar-refractivity contribution in [2.75, 3.05) is 0 Å². The lowest BCUT2D eigenvalue weighted by atomic mass is 9.52. The molecule has 14 rings (SSSR count). The van der Waals surface area contributed by atoms with E-state index in [1.807, 2.05) is 0 Å². The van der Waals surface area contributed by atoms with Gasteiger partial charge in [-0.3, -0.25) is 0 Å². The van der Waals surface area contributed by atoms with Crippen LogP contribution in [0, 0.1) is 0 Å². The SMILES string of the molecule is c1ccc(-c2ccc3c(c2)c2cc(-c4ccccc4)ccc2n3-c2cccc3c2-c2ccccc2C32c3ccccc3C3(c4ccccc4-c4ccccc43)c3ccccc32)cc1. The minimum Gasteiger partial charge on any atom is -0.309 e. The molecule has 3 aliphatic rings. The molecule has 1 heterocycles. The maximum atomic E-state index is 2.55. The van der Waals surface area contributed by atoms with E-state index in [1.165, 1.54) is 117 Å². The van der Waals surface area contributed by atoms with Gasteiger partial charge in [0.1, 0.15) is 0 Å². The van der Waals surface area contributed by atoms with E-state index in [0.29, 0.717) is 0 Å². The quantitative estimate of drug-likeness (QED) is 0.168. The van der Waals surface area contributed by atoms with Crippen molar-refractivity contribution in [3.63, 3.8) is 0 Å². The fourth-order valence-electron chi connectivity index (χ4n) is 12.4. The average Bonchev–Trinajstić information content (AvgIpc) is 3.96. The lowest BCUT2D eigenvalue weighted by molar-refractivity contribution is 0.633. The molecule has 0 N–H and O–H groups in total. The van der Waals surface area contributed by atoms with Crippen LogP contribution in [0.3, 0.4) is 0 Å². The van der Waals surface area contributed by atoms with Crippen LogP contribution in [-0.2, 0) is 10.8 Å². The Balaban J connectivity index is 1.09. The highest BCUT2D eigenvalue weighted by molar-refractivity contribution is 6.12. The molecule has 11 aromatic rings. The van der Waals surface area contributed by atoms with Gasteiger partial charge in [-0.1, -0.05) is 206 Å². The molecule has 10 aromatic carbocycles. The van der Waals surface area contributed by atoms with Gasteiger partial charge in [-0.05, 0) is 114 Å². The molecule has 0 saturated heterocycles. The maximum absolute atomic E-state index is 2.55. The molecule has 3 aliphatic carbocycles. The van der Waals surface area contributed by atoms with Gasteiger partial charge >= 0.3 is 0 Å². The molecule has 292 valence electrons. The Bertz CT molecular complexity index is 3490. The molecule has 0 saturated carbocycles. The summed E-state index contributed by atoms with van der Waals surface area (Å²) in [7, 11) is 0. The van der Waals surface area contributed by atoms with Crippen molar-refractivity contribution >= 4 is 21.8 Å². The van der Waals surface area contributed by atoms with E-state index in [4.69, 9.17) is 0 Å². The summed E-state index contributed by atoms with van der Waals surface area (Å²) in [6, 6.07) is 89.0. The fourth-order valence-corrected chi connectivity index (χ4v) is 12.4. The Morgan fingerprint density at radius 2 is 0.619 bits per heavy atom. The second-order valence-corrected chi connectivity index (χ2v) is 17.5. The van der Waals surface area contributed by atoms with Crippen LogP contribution in [0.5, 0.6) is 0 Å². The second kappa shape index (κ2) is 12.8. The normalized spacial score (nSPS) is 14.3. The third-order valence-corrected chi connectivity index (χ3v) is 14.7. The van der Waals surface area contributed by atoms with Gasteiger partial charge in [0.05, 0.1) is 27.6 Å².